The highest BCUT2D eigenvalue weighted by Crippen LogP contribution is 2.31. The molecule has 4 aromatic rings. The maximum absolute atomic E-state index is 12.0. The number of furan rings is 1. The van der Waals surface area contributed by atoms with Crippen molar-refractivity contribution in [2.75, 3.05) is 5.75 Å². The van der Waals surface area contributed by atoms with E-state index < -0.39 is 0 Å². The van der Waals surface area contributed by atoms with Crippen molar-refractivity contribution in [2.24, 2.45) is 5.10 Å². The van der Waals surface area contributed by atoms with Crippen molar-refractivity contribution in [1.82, 2.24) is 10.4 Å². The fourth-order valence-corrected chi connectivity index (χ4v) is 3.51. The Hall–Kier alpha value is -2.74. The monoisotopic (exact) mass is 445 g/mol. The number of carbonyl (C=O) groups is 1. The average Bonchev–Trinajstić information content (AvgIpc) is 3.35. The molecule has 2 aromatic heterocycles. The van der Waals surface area contributed by atoms with Crippen molar-refractivity contribution in [3.8, 4) is 11.3 Å². The largest absolute Gasteiger partial charge is 0.455 e. The number of thioether (sulfide) groups is 1. The van der Waals surface area contributed by atoms with E-state index in [1.54, 1.807) is 30.3 Å². The van der Waals surface area contributed by atoms with Crippen LogP contribution in [-0.4, -0.2) is 22.9 Å². The number of nitrogens with one attached hydrogen (secondary N) is 1. The first-order valence-electron chi connectivity index (χ1n) is 8.44. The molecule has 0 saturated carbocycles. The Morgan fingerprint density at radius 2 is 2.00 bits per heavy atom. The van der Waals surface area contributed by atoms with Gasteiger partial charge in [0.1, 0.15) is 17.0 Å². The van der Waals surface area contributed by atoms with Crippen molar-refractivity contribution >= 4 is 58.2 Å². The third-order valence-electron chi connectivity index (χ3n) is 3.80. The number of hydrogen-bond acceptors (Lipinski definition) is 6. The van der Waals surface area contributed by atoms with Crippen LogP contribution in [0.3, 0.4) is 0 Å². The van der Waals surface area contributed by atoms with Gasteiger partial charge in [0.25, 0.3) is 11.1 Å². The molecular weight excluding hydrogens is 433 g/mol. The summed E-state index contributed by atoms with van der Waals surface area (Å²) in [5.74, 6) is 0.837. The number of benzene rings is 2. The van der Waals surface area contributed by atoms with Gasteiger partial charge in [-0.25, -0.2) is 10.4 Å². The zero-order valence-corrected chi connectivity index (χ0v) is 17.1. The molecule has 1 amide bonds. The Bertz CT molecular complexity index is 1170. The summed E-state index contributed by atoms with van der Waals surface area (Å²) in [5.41, 5.74) is 4.55. The molecule has 2 heterocycles. The van der Waals surface area contributed by atoms with Gasteiger partial charge >= 0.3 is 0 Å². The topological polar surface area (TPSA) is 80.6 Å². The number of hydrazone groups is 1. The van der Waals surface area contributed by atoms with Crippen LogP contribution >= 0.6 is 35.0 Å². The smallest absolute Gasteiger partial charge is 0.257 e. The van der Waals surface area contributed by atoms with E-state index >= 15 is 0 Å². The van der Waals surface area contributed by atoms with Crippen molar-refractivity contribution in [3.63, 3.8) is 0 Å². The minimum atomic E-state index is -0.293. The van der Waals surface area contributed by atoms with E-state index in [1.165, 1.54) is 18.0 Å². The van der Waals surface area contributed by atoms with Gasteiger partial charge in [0.15, 0.2) is 5.58 Å². The molecule has 0 saturated heterocycles. The molecule has 0 atom stereocenters. The molecule has 6 nitrogen and oxygen atoms in total. The predicted molar refractivity (Wildman–Crippen MR) is 115 cm³/mol. The highest BCUT2D eigenvalue weighted by atomic mass is 35.5. The number of para-hydroxylation sites is 2. The summed E-state index contributed by atoms with van der Waals surface area (Å²) < 4.78 is 11.2. The van der Waals surface area contributed by atoms with Gasteiger partial charge in [-0.2, -0.15) is 5.10 Å². The van der Waals surface area contributed by atoms with E-state index in [0.29, 0.717) is 37.9 Å². The molecule has 0 radical (unpaired) electrons. The third-order valence-corrected chi connectivity index (χ3v) is 5.20. The summed E-state index contributed by atoms with van der Waals surface area (Å²) in [5, 5.41) is 5.41. The Morgan fingerprint density at radius 3 is 2.86 bits per heavy atom. The van der Waals surface area contributed by atoms with Gasteiger partial charge in [0, 0.05) is 10.6 Å². The molecule has 1 N–H and O–H groups in total. The Labute approximate surface area is 179 Å². The van der Waals surface area contributed by atoms with E-state index in [9.17, 15) is 4.79 Å². The quantitative estimate of drug-likeness (QED) is 0.236. The van der Waals surface area contributed by atoms with Crippen LogP contribution < -0.4 is 5.43 Å². The molecule has 0 spiro atoms. The summed E-state index contributed by atoms with van der Waals surface area (Å²) in [6.07, 6.45) is 1.41. The number of fused-ring (bicyclic) bond motifs is 1. The van der Waals surface area contributed by atoms with E-state index in [2.05, 4.69) is 15.5 Å². The normalized spacial score (nSPS) is 11.4. The molecule has 0 bridgehead atoms. The van der Waals surface area contributed by atoms with Crippen LogP contribution in [0, 0.1) is 0 Å². The van der Waals surface area contributed by atoms with Crippen molar-refractivity contribution in [1.29, 1.82) is 0 Å². The van der Waals surface area contributed by atoms with Crippen LogP contribution in [-0.2, 0) is 4.79 Å². The second kappa shape index (κ2) is 8.73. The van der Waals surface area contributed by atoms with Gasteiger partial charge in [0.2, 0.25) is 0 Å². The van der Waals surface area contributed by atoms with Gasteiger partial charge in [-0.15, -0.1) is 0 Å². The van der Waals surface area contributed by atoms with Crippen LogP contribution in [0.1, 0.15) is 5.76 Å². The first-order valence-corrected chi connectivity index (χ1v) is 10.2. The van der Waals surface area contributed by atoms with E-state index in [0.717, 1.165) is 5.52 Å². The van der Waals surface area contributed by atoms with E-state index in [4.69, 9.17) is 32.0 Å². The van der Waals surface area contributed by atoms with Crippen LogP contribution in [0.2, 0.25) is 10.0 Å². The summed E-state index contributed by atoms with van der Waals surface area (Å²) in [7, 11) is 0. The lowest BCUT2D eigenvalue weighted by atomic mass is 10.2. The number of aromatic nitrogens is 1. The fraction of sp³-hybridized carbons (Fsp3) is 0.0500. The first kappa shape index (κ1) is 19.6. The zero-order valence-electron chi connectivity index (χ0n) is 14.8. The minimum Gasteiger partial charge on any atom is -0.455 e. The Morgan fingerprint density at radius 1 is 1.14 bits per heavy atom. The lowest BCUT2D eigenvalue weighted by Gasteiger charge is -2.01. The highest BCUT2D eigenvalue weighted by Gasteiger charge is 2.10. The Kier molecular flexibility index (Phi) is 5.89. The van der Waals surface area contributed by atoms with Crippen LogP contribution in [0.15, 0.2) is 73.8 Å². The summed E-state index contributed by atoms with van der Waals surface area (Å²) in [6, 6.07) is 16.0. The third kappa shape index (κ3) is 4.82. The van der Waals surface area contributed by atoms with Crippen molar-refractivity contribution < 1.29 is 13.6 Å². The highest BCUT2D eigenvalue weighted by molar-refractivity contribution is 7.99. The standard InChI is InChI=1S/C20H13Cl2N3O3S/c21-12-5-7-15(22)14(9-12)17-8-6-13(27-17)10-23-25-19(26)11-29-20-24-16-3-1-2-4-18(16)28-20/h1-10H,11H2,(H,25,26)/b23-10-. The van der Waals surface area contributed by atoms with E-state index in [1.807, 2.05) is 24.3 Å². The molecule has 0 aliphatic carbocycles. The number of amides is 1. The molecule has 0 aliphatic rings. The van der Waals surface area contributed by atoms with Gasteiger partial charge in [0.05, 0.1) is 17.0 Å². The van der Waals surface area contributed by atoms with Crippen LogP contribution in [0.25, 0.3) is 22.4 Å². The molecular formula is C20H13Cl2N3O3S. The number of oxazole rings is 1. The number of halogens is 2. The van der Waals surface area contributed by atoms with Gasteiger partial charge in [-0.3, -0.25) is 4.79 Å². The number of nitrogens with zero attached hydrogens (tertiary/aromatic N) is 2. The van der Waals surface area contributed by atoms with Crippen molar-refractivity contribution in [3.05, 3.63) is 70.4 Å². The fourth-order valence-electron chi connectivity index (χ4n) is 2.49. The van der Waals surface area contributed by atoms with Gasteiger partial charge < -0.3 is 8.83 Å². The molecule has 4 rings (SSSR count). The molecule has 9 heteroatoms. The predicted octanol–water partition coefficient (Wildman–Crippen LogP) is 5.64. The van der Waals surface area contributed by atoms with E-state index in [-0.39, 0.29) is 11.7 Å². The second-order valence-corrected chi connectivity index (χ2v) is 7.63. The maximum atomic E-state index is 12.0. The maximum Gasteiger partial charge on any atom is 0.257 e. The van der Waals surface area contributed by atoms with Crippen LogP contribution in [0.5, 0.6) is 0 Å². The summed E-state index contributed by atoms with van der Waals surface area (Å²) in [4.78, 5) is 16.3. The lowest BCUT2D eigenvalue weighted by Crippen LogP contribution is -2.19. The lowest BCUT2D eigenvalue weighted by molar-refractivity contribution is -0.118. The summed E-state index contributed by atoms with van der Waals surface area (Å²) >= 11 is 13.4. The molecule has 0 aliphatic heterocycles. The van der Waals surface area contributed by atoms with Crippen molar-refractivity contribution in [2.45, 2.75) is 5.22 Å². The number of carbonyl (C=O) groups excluding carboxylic acids is 1. The first-order chi connectivity index (χ1) is 14.1. The minimum absolute atomic E-state index is 0.117. The molecule has 146 valence electrons. The SMILES string of the molecule is O=C(CSc1nc2ccccc2o1)N/N=C\c1ccc(-c2cc(Cl)ccc2Cl)o1. The summed E-state index contributed by atoms with van der Waals surface area (Å²) in [6.45, 7) is 0. The molecule has 2 aromatic carbocycles. The second-order valence-electron chi connectivity index (χ2n) is 5.86. The number of rotatable bonds is 6. The van der Waals surface area contributed by atoms with Crippen LogP contribution in [0.4, 0.5) is 0 Å². The van der Waals surface area contributed by atoms with Gasteiger partial charge in [-0.05, 0) is 42.5 Å². The Balaban J connectivity index is 1.32. The molecule has 29 heavy (non-hydrogen) atoms. The molecule has 0 unspecified atom stereocenters. The van der Waals surface area contributed by atoms with Gasteiger partial charge in [-0.1, -0.05) is 47.1 Å². The molecule has 0 fully saturated rings. The number of hydrogen-bond donors (Lipinski definition) is 1. The average molecular weight is 446 g/mol. The zero-order chi connectivity index (χ0) is 20.2.